The first-order valence-corrected chi connectivity index (χ1v) is 10.3. The number of ether oxygens (including phenoxy) is 2. The largest absolute Gasteiger partial charge is 0.494 e. The van der Waals surface area contributed by atoms with Crippen molar-refractivity contribution in [1.82, 2.24) is 0 Å². The molecule has 3 aromatic carbocycles. The molecule has 0 fully saturated rings. The molecule has 1 aliphatic heterocycles. The highest BCUT2D eigenvalue weighted by molar-refractivity contribution is 6.34. The Bertz CT molecular complexity index is 1090. The van der Waals surface area contributed by atoms with Gasteiger partial charge >= 0.3 is 0 Å². The third kappa shape index (κ3) is 4.98. The van der Waals surface area contributed by atoms with Crippen LogP contribution in [-0.4, -0.2) is 31.6 Å². The molecule has 0 bridgehead atoms. The highest BCUT2D eigenvalue weighted by Gasteiger charge is 2.26. The van der Waals surface area contributed by atoms with E-state index in [-0.39, 0.29) is 18.4 Å². The van der Waals surface area contributed by atoms with Gasteiger partial charge in [0.05, 0.1) is 22.9 Å². The van der Waals surface area contributed by atoms with E-state index in [2.05, 4.69) is 5.32 Å². The van der Waals surface area contributed by atoms with Gasteiger partial charge in [-0.2, -0.15) is 0 Å². The van der Waals surface area contributed by atoms with Gasteiger partial charge in [0.1, 0.15) is 11.5 Å². The molecule has 0 saturated carbocycles. The molecule has 0 atom stereocenters. The van der Waals surface area contributed by atoms with Gasteiger partial charge < -0.3 is 19.7 Å². The van der Waals surface area contributed by atoms with Gasteiger partial charge in [0.25, 0.3) is 11.8 Å². The predicted octanol–water partition coefficient (Wildman–Crippen LogP) is 4.79. The lowest BCUT2D eigenvalue weighted by atomic mass is 10.1. The van der Waals surface area contributed by atoms with E-state index in [0.717, 1.165) is 5.75 Å². The summed E-state index contributed by atoms with van der Waals surface area (Å²) in [6.45, 7) is 0.939. The first kappa shape index (κ1) is 20.8. The summed E-state index contributed by atoms with van der Waals surface area (Å²) in [5.41, 5.74) is 1.55. The van der Waals surface area contributed by atoms with Crippen molar-refractivity contribution in [1.29, 1.82) is 0 Å². The Balaban J connectivity index is 1.44. The number of hydrogen-bond acceptors (Lipinski definition) is 4. The molecule has 0 unspecified atom stereocenters. The van der Waals surface area contributed by atoms with Gasteiger partial charge in [0, 0.05) is 12.2 Å². The van der Waals surface area contributed by atoms with Crippen molar-refractivity contribution in [3.05, 3.63) is 83.4 Å². The zero-order valence-corrected chi connectivity index (χ0v) is 17.5. The fourth-order valence-corrected chi connectivity index (χ4v) is 3.52. The van der Waals surface area contributed by atoms with Crippen molar-refractivity contribution in [2.75, 3.05) is 30.0 Å². The summed E-state index contributed by atoms with van der Waals surface area (Å²) in [7, 11) is 0. The van der Waals surface area contributed by atoms with E-state index in [1.807, 2.05) is 30.3 Å². The number of rotatable bonds is 7. The second-order valence-electron chi connectivity index (χ2n) is 6.97. The molecule has 0 aliphatic carbocycles. The Kier molecular flexibility index (Phi) is 6.38. The number of fused-ring (bicyclic) bond motifs is 1. The minimum atomic E-state index is -0.323. The van der Waals surface area contributed by atoms with Gasteiger partial charge in [-0.1, -0.05) is 41.9 Å². The Morgan fingerprint density at radius 2 is 1.84 bits per heavy atom. The van der Waals surface area contributed by atoms with E-state index in [0.29, 0.717) is 47.3 Å². The van der Waals surface area contributed by atoms with Gasteiger partial charge in [-0.05, 0) is 48.9 Å². The van der Waals surface area contributed by atoms with Crippen LogP contribution in [0.2, 0.25) is 5.02 Å². The van der Waals surface area contributed by atoms with Gasteiger partial charge in [0.2, 0.25) is 0 Å². The highest BCUT2D eigenvalue weighted by atomic mass is 35.5. The summed E-state index contributed by atoms with van der Waals surface area (Å²) < 4.78 is 11.3. The Morgan fingerprint density at radius 1 is 1.06 bits per heavy atom. The Hall–Kier alpha value is -3.51. The Labute approximate surface area is 185 Å². The number of anilines is 2. The fraction of sp³-hybridized carbons (Fsp3) is 0.167. The maximum Gasteiger partial charge on any atom is 0.265 e. The molecule has 6 nitrogen and oxygen atoms in total. The normalized spacial score (nSPS) is 12.7. The lowest BCUT2D eigenvalue weighted by Gasteiger charge is -2.30. The first-order chi connectivity index (χ1) is 15.1. The number of amides is 2. The first-order valence-electron chi connectivity index (χ1n) is 9.93. The number of halogens is 1. The average Bonchev–Trinajstić information content (AvgIpc) is 2.79. The summed E-state index contributed by atoms with van der Waals surface area (Å²) >= 11 is 6.11. The van der Waals surface area contributed by atoms with Crippen LogP contribution in [0.3, 0.4) is 0 Å². The third-order valence-corrected chi connectivity index (χ3v) is 5.15. The van der Waals surface area contributed by atoms with Crippen molar-refractivity contribution in [2.24, 2.45) is 0 Å². The zero-order valence-electron chi connectivity index (χ0n) is 16.7. The van der Waals surface area contributed by atoms with Crippen molar-refractivity contribution < 1.29 is 19.1 Å². The maximum absolute atomic E-state index is 12.6. The highest BCUT2D eigenvalue weighted by Crippen LogP contribution is 2.35. The van der Waals surface area contributed by atoms with Gasteiger partial charge in [-0.3, -0.25) is 9.59 Å². The van der Waals surface area contributed by atoms with Gasteiger partial charge in [-0.25, -0.2) is 0 Å². The average molecular weight is 437 g/mol. The van der Waals surface area contributed by atoms with E-state index >= 15 is 0 Å². The van der Waals surface area contributed by atoms with Crippen molar-refractivity contribution in [3.63, 3.8) is 0 Å². The quantitative estimate of drug-likeness (QED) is 0.541. The summed E-state index contributed by atoms with van der Waals surface area (Å²) in [5, 5.41) is 3.20. The molecule has 2 amide bonds. The van der Waals surface area contributed by atoms with Crippen LogP contribution in [0.15, 0.2) is 72.8 Å². The van der Waals surface area contributed by atoms with Crippen LogP contribution in [0, 0.1) is 0 Å². The molecule has 7 heteroatoms. The van der Waals surface area contributed by atoms with Crippen LogP contribution < -0.4 is 19.7 Å². The van der Waals surface area contributed by atoms with Crippen LogP contribution in [0.4, 0.5) is 11.4 Å². The van der Waals surface area contributed by atoms with E-state index < -0.39 is 0 Å². The SMILES string of the molecule is O=C(Nc1ccc2c(c1)N(CCCOc1ccccc1)C(=O)CO2)c1ccccc1Cl. The second-order valence-corrected chi connectivity index (χ2v) is 7.37. The monoisotopic (exact) mass is 436 g/mol. The molecule has 0 saturated heterocycles. The number of benzene rings is 3. The molecule has 3 aromatic rings. The number of nitrogens with one attached hydrogen (secondary N) is 1. The third-order valence-electron chi connectivity index (χ3n) is 4.82. The predicted molar refractivity (Wildman–Crippen MR) is 120 cm³/mol. The van der Waals surface area contributed by atoms with Gasteiger partial charge in [0.15, 0.2) is 6.61 Å². The summed E-state index contributed by atoms with van der Waals surface area (Å²) in [5.74, 6) is 0.929. The summed E-state index contributed by atoms with van der Waals surface area (Å²) in [4.78, 5) is 26.7. The maximum atomic E-state index is 12.6. The number of hydrogen-bond donors (Lipinski definition) is 1. The van der Waals surface area contributed by atoms with Crippen LogP contribution in [0.1, 0.15) is 16.8 Å². The molecular formula is C24H21ClN2O4. The standard InChI is InChI=1S/C24H21ClN2O4/c25-20-10-5-4-9-19(20)24(29)26-17-11-12-22-21(15-17)27(23(28)16-31-22)13-6-14-30-18-7-2-1-3-8-18/h1-5,7-12,15H,6,13-14,16H2,(H,26,29). The number of nitrogens with zero attached hydrogens (tertiary/aromatic N) is 1. The van der Waals surface area contributed by atoms with E-state index in [1.165, 1.54) is 0 Å². The molecule has 4 rings (SSSR count). The van der Waals surface area contributed by atoms with Crippen molar-refractivity contribution in [3.8, 4) is 11.5 Å². The summed E-state index contributed by atoms with van der Waals surface area (Å²) in [6.07, 6.45) is 0.649. The molecule has 31 heavy (non-hydrogen) atoms. The molecular weight excluding hydrogens is 416 g/mol. The molecule has 1 N–H and O–H groups in total. The molecule has 0 spiro atoms. The van der Waals surface area contributed by atoms with E-state index in [4.69, 9.17) is 21.1 Å². The van der Waals surface area contributed by atoms with Crippen LogP contribution in [0.5, 0.6) is 11.5 Å². The van der Waals surface area contributed by atoms with E-state index in [9.17, 15) is 9.59 Å². The van der Waals surface area contributed by atoms with Crippen molar-refractivity contribution >= 4 is 34.8 Å². The number of carbonyl (C=O) groups is 2. The molecule has 1 aliphatic rings. The minimum absolute atomic E-state index is 0.0160. The minimum Gasteiger partial charge on any atom is -0.494 e. The van der Waals surface area contributed by atoms with Gasteiger partial charge in [-0.15, -0.1) is 0 Å². The second kappa shape index (κ2) is 9.53. The topological polar surface area (TPSA) is 67.9 Å². The smallest absolute Gasteiger partial charge is 0.265 e. The van der Waals surface area contributed by atoms with Crippen LogP contribution in [-0.2, 0) is 4.79 Å². The van der Waals surface area contributed by atoms with Crippen LogP contribution in [0.25, 0.3) is 0 Å². The van der Waals surface area contributed by atoms with Crippen LogP contribution >= 0.6 is 11.6 Å². The Morgan fingerprint density at radius 3 is 2.65 bits per heavy atom. The molecule has 0 aromatic heterocycles. The zero-order chi connectivity index (χ0) is 21.6. The number of carbonyl (C=O) groups excluding carboxylic acids is 2. The molecule has 1 heterocycles. The van der Waals surface area contributed by atoms with E-state index in [1.54, 1.807) is 47.4 Å². The summed E-state index contributed by atoms with van der Waals surface area (Å²) in [6, 6.07) is 21.6. The number of para-hydroxylation sites is 1. The van der Waals surface area contributed by atoms with Crippen molar-refractivity contribution in [2.45, 2.75) is 6.42 Å². The lowest BCUT2D eigenvalue weighted by Crippen LogP contribution is -2.39. The fourth-order valence-electron chi connectivity index (χ4n) is 3.30. The lowest BCUT2D eigenvalue weighted by molar-refractivity contribution is -0.121. The molecule has 0 radical (unpaired) electrons. The molecule has 158 valence electrons.